The average molecular weight is 367 g/mol. The van der Waals surface area contributed by atoms with Crippen molar-refractivity contribution >= 4 is 11.6 Å². The molecule has 3 aromatic rings. The van der Waals surface area contributed by atoms with E-state index in [9.17, 15) is 0 Å². The number of rotatable bonds is 8. The molecule has 0 bridgehead atoms. The van der Waals surface area contributed by atoms with Crippen LogP contribution >= 0.6 is 0 Å². The van der Waals surface area contributed by atoms with Gasteiger partial charge >= 0.3 is 0 Å². The Bertz CT molecular complexity index is 809. The van der Waals surface area contributed by atoms with Gasteiger partial charge in [0.05, 0.1) is 24.6 Å². The molecule has 0 aliphatic heterocycles. The molecule has 7 heteroatoms. The lowest BCUT2D eigenvalue weighted by atomic mass is 10.3. The molecule has 0 saturated heterocycles. The molecule has 0 radical (unpaired) electrons. The summed E-state index contributed by atoms with van der Waals surface area (Å²) in [6.07, 6.45) is 4.33. The Kier molecular flexibility index (Phi) is 6.51. The van der Waals surface area contributed by atoms with Gasteiger partial charge in [-0.15, -0.1) is 0 Å². The lowest BCUT2D eigenvalue weighted by Gasteiger charge is -2.14. The largest absolute Gasteiger partial charge is 0.491 e. The van der Waals surface area contributed by atoms with E-state index in [0.29, 0.717) is 19.0 Å². The predicted octanol–water partition coefficient (Wildman–Crippen LogP) is 3.59. The first-order chi connectivity index (χ1) is 13.2. The van der Waals surface area contributed by atoms with Crippen molar-refractivity contribution < 1.29 is 9.15 Å². The number of aromatic nitrogens is 2. The van der Waals surface area contributed by atoms with Gasteiger partial charge in [0, 0.05) is 24.8 Å². The van der Waals surface area contributed by atoms with Crippen LogP contribution in [0.3, 0.4) is 0 Å². The molecule has 1 aromatic carbocycles. The average Bonchev–Trinajstić information content (AvgIpc) is 3.34. The van der Waals surface area contributed by atoms with Gasteiger partial charge < -0.3 is 19.8 Å². The van der Waals surface area contributed by atoms with E-state index >= 15 is 0 Å². The third-order valence-electron chi connectivity index (χ3n) is 3.70. The number of nitrogens with zero attached hydrogens (tertiary/aromatic N) is 2. The minimum Gasteiger partial charge on any atom is -0.491 e. The van der Waals surface area contributed by atoms with Crippen LogP contribution in [0.15, 0.2) is 64.3 Å². The SMILES string of the molecule is CC(C)Oc1ccc(NC(=NCc2ccn[nH]2)NCCc2ccco2)cc1. The normalized spacial score (nSPS) is 11.6. The first-order valence-electron chi connectivity index (χ1n) is 9.02. The summed E-state index contributed by atoms with van der Waals surface area (Å²) in [4.78, 5) is 4.61. The summed E-state index contributed by atoms with van der Waals surface area (Å²) in [6, 6.07) is 13.6. The molecule has 2 aromatic heterocycles. The van der Waals surface area contributed by atoms with Crippen LogP contribution in [0.2, 0.25) is 0 Å². The topological polar surface area (TPSA) is 87.5 Å². The van der Waals surface area contributed by atoms with E-state index in [-0.39, 0.29) is 6.10 Å². The van der Waals surface area contributed by atoms with Crippen molar-refractivity contribution in [2.24, 2.45) is 4.99 Å². The molecule has 3 rings (SSSR count). The molecule has 7 nitrogen and oxygen atoms in total. The van der Waals surface area contributed by atoms with E-state index < -0.39 is 0 Å². The van der Waals surface area contributed by atoms with E-state index in [0.717, 1.165) is 29.3 Å². The van der Waals surface area contributed by atoms with Crippen LogP contribution < -0.4 is 15.4 Å². The highest BCUT2D eigenvalue weighted by atomic mass is 16.5. The Morgan fingerprint density at radius 3 is 2.74 bits per heavy atom. The zero-order valence-electron chi connectivity index (χ0n) is 15.6. The summed E-state index contributed by atoms with van der Waals surface area (Å²) in [7, 11) is 0. The molecule has 0 aliphatic rings. The van der Waals surface area contributed by atoms with Crippen molar-refractivity contribution in [2.75, 3.05) is 11.9 Å². The quantitative estimate of drug-likeness (QED) is 0.418. The van der Waals surface area contributed by atoms with Gasteiger partial charge in [0.2, 0.25) is 0 Å². The van der Waals surface area contributed by atoms with Gasteiger partial charge in [0.15, 0.2) is 5.96 Å². The minimum absolute atomic E-state index is 0.151. The maximum absolute atomic E-state index is 5.68. The molecule has 3 N–H and O–H groups in total. The van der Waals surface area contributed by atoms with Crippen LogP contribution in [0.1, 0.15) is 25.3 Å². The Morgan fingerprint density at radius 1 is 1.22 bits per heavy atom. The summed E-state index contributed by atoms with van der Waals surface area (Å²) in [5.74, 6) is 2.47. The number of furan rings is 1. The summed E-state index contributed by atoms with van der Waals surface area (Å²) in [6.45, 7) is 5.23. The van der Waals surface area contributed by atoms with Crippen LogP contribution in [0.5, 0.6) is 5.75 Å². The minimum atomic E-state index is 0.151. The lowest BCUT2D eigenvalue weighted by Crippen LogP contribution is -2.32. The molecule has 27 heavy (non-hydrogen) atoms. The van der Waals surface area contributed by atoms with E-state index in [1.54, 1.807) is 12.5 Å². The van der Waals surface area contributed by atoms with Gasteiger partial charge in [0.1, 0.15) is 11.5 Å². The van der Waals surface area contributed by atoms with Crippen LogP contribution in [0.25, 0.3) is 0 Å². The zero-order valence-corrected chi connectivity index (χ0v) is 15.6. The zero-order chi connectivity index (χ0) is 18.9. The number of hydrogen-bond acceptors (Lipinski definition) is 4. The van der Waals surface area contributed by atoms with E-state index in [1.807, 2.05) is 56.3 Å². The van der Waals surface area contributed by atoms with Gasteiger partial charge in [-0.2, -0.15) is 5.10 Å². The molecule has 0 unspecified atom stereocenters. The van der Waals surface area contributed by atoms with Gasteiger partial charge in [-0.05, 0) is 56.3 Å². The highest BCUT2D eigenvalue weighted by Gasteiger charge is 2.04. The number of nitrogens with one attached hydrogen (secondary N) is 3. The predicted molar refractivity (Wildman–Crippen MR) is 106 cm³/mol. The van der Waals surface area contributed by atoms with Crippen molar-refractivity contribution in [3.05, 3.63) is 66.4 Å². The molecule has 0 amide bonds. The molecule has 0 atom stereocenters. The molecule has 2 heterocycles. The van der Waals surface area contributed by atoms with E-state index in [2.05, 4.69) is 25.8 Å². The Morgan fingerprint density at radius 2 is 2.07 bits per heavy atom. The Balaban J connectivity index is 1.61. The third kappa shape index (κ3) is 6.22. The number of aliphatic imine (C=N–C) groups is 1. The highest BCUT2D eigenvalue weighted by molar-refractivity contribution is 5.93. The number of guanidine groups is 1. The smallest absolute Gasteiger partial charge is 0.196 e. The first kappa shape index (κ1) is 18.6. The second-order valence-electron chi connectivity index (χ2n) is 6.32. The number of anilines is 1. The summed E-state index contributed by atoms with van der Waals surface area (Å²) < 4.78 is 11.1. The number of benzene rings is 1. The number of aromatic amines is 1. The molecule has 142 valence electrons. The fourth-order valence-corrected chi connectivity index (χ4v) is 2.46. The van der Waals surface area contributed by atoms with Crippen LogP contribution in [-0.2, 0) is 13.0 Å². The second kappa shape index (κ2) is 9.47. The maximum atomic E-state index is 5.68. The maximum Gasteiger partial charge on any atom is 0.196 e. The molecule has 0 spiro atoms. The highest BCUT2D eigenvalue weighted by Crippen LogP contribution is 2.17. The number of ether oxygens (including phenoxy) is 1. The fraction of sp³-hybridized carbons (Fsp3) is 0.300. The van der Waals surface area contributed by atoms with Crippen LogP contribution in [0, 0.1) is 0 Å². The van der Waals surface area contributed by atoms with Crippen LogP contribution in [-0.4, -0.2) is 28.8 Å². The second-order valence-corrected chi connectivity index (χ2v) is 6.32. The molecule has 0 saturated carbocycles. The van der Waals surface area contributed by atoms with Crippen molar-refractivity contribution in [3.63, 3.8) is 0 Å². The van der Waals surface area contributed by atoms with Crippen molar-refractivity contribution in [1.82, 2.24) is 15.5 Å². The summed E-state index contributed by atoms with van der Waals surface area (Å²) >= 11 is 0. The lowest BCUT2D eigenvalue weighted by molar-refractivity contribution is 0.242. The third-order valence-corrected chi connectivity index (χ3v) is 3.70. The van der Waals surface area contributed by atoms with Crippen molar-refractivity contribution in [2.45, 2.75) is 32.9 Å². The molecular formula is C20H25N5O2. The molecule has 0 fully saturated rings. The summed E-state index contributed by atoms with van der Waals surface area (Å²) in [5.41, 5.74) is 1.88. The first-order valence-corrected chi connectivity index (χ1v) is 9.02. The monoisotopic (exact) mass is 367 g/mol. The van der Waals surface area contributed by atoms with Gasteiger partial charge in [-0.1, -0.05) is 0 Å². The number of hydrogen-bond donors (Lipinski definition) is 3. The Labute approximate surface area is 158 Å². The molecular weight excluding hydrogens is 342 g/mol. The van der Waals surface area contributed by atoms with E-state index in [4.69, 9.17) is 9.15 Å². The fourth-order valence-electron chi connectivity index (χ4n) is 2.46. The van der Waals surface area contributed by atoms with Gasteiger partial charge in [-0.3, -0.25) is 5.10 Å². The summed E-state index contributed by atoms with van der Waals surface area (Å²) in [5, 5.41) is 13.5. The van der Waals surface area contributed by atoms with E-state index in [1.165, 1.54) is 0 Å². The standard InChI is InChI=1S/C20H25N5O2/c1-15(2)27-19-7-5-16(6-8-19)24-20(22-14-17-9-12-23-25-17)21-11-10-18-4-3-13-26-18/h3-9,12-13,15H,10-11,14H2,1-2H3,(H,23,25)(H2,21,22,24). The van der Waals surface area contributed by atoms with Crippen molar-refractivity contribution in [3.8, 4) is 5.75 Å². The van der Waals surface area contributed by atoms with Gasteiger partial charge in [-0.25, -0.2) is 4.99 Å². The van der Waals surface area contributed by atoms with Crippen LogP contribution in [0.4, 0.5) is 5.69 Å². The molecule has 0 aliphatic carbocycles. The Hall–Kier alpha value is -3.22. The van der Waals surface area contributed by atoms with Crippen molar-refractivity contribution in [1.29, 1.82) is 0 Å². The number of H-pyrrole nitrogens is 1. The van der Waals surface area contributed by atoms with Gasteiger partial charge in [0.25, 0.3) is 0 Å².